The number of thiocarbonyl (C=S) groups is 1. The number of hydrogen-bond acceptors (Lipinski definition) is 3. The number of hydrogen-bond donors (Lipinski definition) is 1. The van der Waals surface area contributed by atoms with Crippen molar-refractivity contribution in [1.82, 2.24) is 19.8 Å². The number of nitrogens with one attached hydrogen (secondary N) is 1. The van der Waals surface area contributed by atoms with Crippen molar-refractivity contribution in [3.63, 3.8) is 0 Å². The Bertz CT molecular complexity index is 1060. The number of ether oxygens (including phenoxy) is 1. The van der Waals surface area contributed by atoms with Crippen LogP contribution < -0.4 is 5.32 Å². The molecule has 3 aromatic rings. The molecule has 2 unspecified atom stereocenters. The van der Waals surface area contributed by atoms with E-state index in [4.69, 9.17) is 17.0 Å². The number of para-hydroxylation sites is 1. The molecular weight excluding hydrogens is 404 g/mol. The molecule has 0 amide bonds. The van der Waals surface area contributed by atoms with Crippen molar-refractivity contribution in [1.29, 1.82) is 0 Å². The van der Waals surface area contributed by atoms with E-state index in [1.807, 2.05) is 18.3 Å². The van der Waals surface area contributed by atoms with Crippen LogP contribution in [0.3, 0.4) is 0 Å². The summed E-state index contributed by atoms with van der Waals surface area (Å²) in [6.45, 7) is 8.09. The summed E-state index contributed by atoms with van der Waals surface area (Å²) in [6, 6.07) is 17.0. The number of pyridine rings is 1. The summed E-state index contributed by atoms with van der Waals surface area (Å²) in [4.78, 5) is 6.96. The lowest BCUT2D eigenvalue weighted by atomic mass is 9.96. The summed E-state index contributed by atoms with van der Waals surface area (Å²) < 4.78 is 7.66. The van der Waals surface area contributed by atoms with Crippen LogP contribution in [-0.4, -0.2) is 39.8 Å². The molecule has 0 radical (unpaired) electrons. The van der Waals surface area contributed by atoms with E-state index >= 15 is 0 Å². The van der Waals surface area contributed by atoms with Gasteiger partial charge in [0.2, 0.25) is 0 Å². The minimum Gasteiger partial charge on any atom is -0.385 e. The molecule has 1 aliphatic rings. The Morgan fingerprint density at radius 3 is 2.58 bits per heavy atom. The van der Waals surface area contributed by atoms with E-state index in [9.17, 15) is 0 Å². The van der Waals surface area contributed by atoms with Crippen molar-refractivity contribution in [3.05, 3.63) is 82.9 Å². The van der Waals surface area contributed by atoms with Crippen molar-refractivity contribution >= 4 is 17.3 Å². The Kier molecular flexibility index (Phi) is 6.39. The monoisotopic (exact) mass is 434 g/mol. The van der Waals surface area contributed by atoms with Crippen molar-refractivity contribution in [2.24, 2.45) is 0 Å². The molecule has 0 aliphatic carbocycles. The van der Waals surface area contributed by atoms with Gasteiger partial charge in [-0.25, -0.2) is 0 Å². The van der Waals surface area contributed by atoms with Crippen LogP contribution in [0.15, 0.2) is 54.7 Å². The highest BCUT2D eigenvalue weighted by molar-refractivity contribution is 7.80. The number of rotatable bonds is 7. The summed E-state index contributed by atoms with van der Waals surface area (Å²) in [5, 5.41) is 4.32. The fraction of sp³-hybridized carbons (Fsp3) is 0.360. The van der Waals surface area contributed by atoms with E-state index < -0.39 is 0 Å². The topological polar surface area (TPSA) is 42.3 Å². The van der Waals surface area contributed by atoms with Crippen LogP contribution in [0.25, 0.3) is 5.69 Å². The first kappa shape index (κ1) is 21.5. The van der Waals surface area contributed by atoms with E-state index in [1.54, 1.807) is 7.11 Å². The molecule has 0 bridgehead atoms. The average Bonchev–Trinajstić information content (AvgIpc) is 3.25. The minimum absolute atomic E-state index is 0.00191. The zero-order chi connectivity index (χ0) is 22.0. The third-order valence-electron chi connectivity index (χ3n) is 6.09. The van der Waals surface area contributed by atoms with Gasteiger partial charge in [-0.2, -0.15) is 0 Å². The maximum Gasteiger partial charge on any atom is 0.170 e. The molecule has 6 heteroatoms. The minimum atomic E-state index is 0.00191. The van der Waals surface area contributed by atoms with Gasteiger partial charge >= 0.3 is 0 Å². The average molecular weight is 435 g/mol. The van der Waals surface area contributed by atoms with Crippen LogP contribution in [0.1, 0.15) is 46.7 Å². The van der Waals surface area contributed by atoms with Crippen LogP contribution in [0, 0.1) is 20.8 Å². The second-order valence-electron chi connectivity index (χ2n) is 8.11. The molecule has 31 heavy (non-hydrogen) atoms. The molecule has 0 saturated carbocycles. The Morgan fingerprint density at radius 1 is 1.10 bits per heavy atom. The van der Waals surface area contributed by atoms with Crippen LogP contribution in [0.5, 0.6) is 0 Å². The van der Waals surface area contributed by atoms with Crippen molar-refractivity contribution in [2.45, 2.75) is 39.3 Å². The molecular formula is C25H30N4OS. The number of benzene rings is 1. The van der Waals surface area contributed by atoms with Gasteiger partial charge in [0.25, 0.3) is 0 Å². The summed E-state index contributed by atoms with van der Waals surface area (Å²) >= 11 is 5.78. The molecule has 1 saturated heterocycles. The van der Waals surface area contributed by atoms with Gasteiger partial charge in [-0.3, -0.25) is 4.98 Å². The maximum absolute atomic E-state index is 5.78. The predicted octanol–water partition coefficient (Wildman–Crippen LogP) is 4.81. The molecule has 1 N–H and O–H groups in total. The standard InChI is InChI=1S/C25H30N4OS/c1-17-10-5-6-12-22(17)29-18(2)16-20(19(29)3)24-23(21-11-7-8-13-26-21)27-25(31)28(24)14-9-15-30-4/h5-8,10-13,16,23-24H,9,14-15H2,1-4H3,(H,27,31). The predicted molar refractivity (Wildman–Crippen MR) is 129 cm³/mol. The molecule has 162 valence electrons. The number of aryl methyl sites for hydroxylation is 2. The summed E-state index contributed by atoms with van der Waals surface area (Å²) in [5.41, 5.74) is 7.22. The largest absolute Gasteiger partial charge is 0.385 e. The van der Waals surface area contributed by atoms with Gasteiger partial charge in [0.15, 0.2) is 5.11 Å². The van der Waals surface area contributed by atoms with E-state index in [2.05, 4.69) is 76.9 Å². The molecule has 2 aromatic heterocycles. The first-order chi connectivity index (χ1) is 15.0. The highest BCUT2D eigenvalue weighted by Crippen LogP contribution is 2.41. The SMILES string of the molecule is COCCCN1C(=S)NC(c2ccccn2)C1c1cc(C)n(-c2ccccc2C)c1C. The first-order valence-electron chi connectivity index (χ1n) is 10.7. The van der Waals surface area contributed by atoms with Gasteiger partial charge in [-0.1, -0.05) is 24.3 Å². The number of methoxy groups -OCH3 is 1. The third-order valence-corrected chi connectivity index (χ3v) is 6.44. The van der Waals surface area contributed by atoms with E-state index in [0.29, 0.717) is 6.61 Å². The summed E-state index contributed by atoms with van der Waals surface area (Å²) in [5.74, 6) is 0. The molecule has 5 nitrogen and oxygen atoms in total. The first-order valence-corrected chi connectivity index (χ1v) is 11.2. The van der Waals surface area contributed by atoms with Crippen LogP contribution in [-0.2, 0) is 4.74 Å². The van der Waals surface area contributed by atoms with Gasteiger partial charge < -0.3 is 19.5 Å². The lowest BCUT2D eigenvalue weighted by Gasteiger charge is -2.28. The molecule has 1 aromatic carbocycles. The Morgan fingerprint density at radius 2 is 1.87 bits per heavy atom. The van der Waals surface area contributed by atoms with Crippen LogP contribution in [0.4, 0.5) is 0 Å². The van der Waals surface area contributed by atoms with Crippen LogP contribution >= 0.6 is 12.2 Å². The van der Waals surface area contributed by atoms with Gasteiger partial charge in [-0.05, 0) is 74.8 Å². The Labute approximate surface area is 190 Å². The van der Waals surface area contributed by atoms with E-state index in [-0.39, 0.29) is 12.1 Å². The molecule has 4 rings (SSSR count). The Hall–Kier alpha value is -2.70. The highest BCUT2D eigenvalue weighted by Gasteiger charge is 2.41. The maximum atomic E-state index is 5.78. The van der Waals surface area contributed by atoms with Gasteiger partial charge in [0, 0.05) is 43.5 Å². The number of aromatic nitrogens is 2. The second-order valence-corrected chi connectivity index (χ2v) is 8.50. The lowest BCUT2D eigenvalue weighted by Crippen LogP contribution is -2.31. The lowest BCUT2D eigenvalue weighted by molar-refractivity contribution is 0.180. The summed E-state index contributed by atoms with van der Waals surface area (Å²) in [6.07, 6.45) is 2.77. The fourth-order valence-corrected chi connectivity index (χ4v) is 4.97. The fourth-order valence-electron chi connectivity index (χ4n) is 4.64. The van der Waals surface area contributed by atoms with Crippen molar-refractivity contribution < 1.29 is 4.74 Å². The zero-order valence-corrected chi connectivity index (χ0v) is 19.4. The highest BCUT2D eigenvalue weighted by atomic mass is 32.1. The smallest absolute Gasteiger partial charge is 0.170 e. The quantitative estimate of drug-likeness (QED) is 0.427. The third kappa shape index (κ3) is 4.10. The molecule has 2 atom stereocenters. The van der Waals surface area contributed by atoms with Gasteiger partial charge in [0.05, 0.1) is 17.8 Å². The normalized spacial score (nSPS) is 18.5. The van der Waals surface area contributed by atoms with Crippen LogP contribution in [0.2, 0.25) is 0 Å². The molecule has 1 aliphatic heterocycles. The van der Waals surface area contributed by atoms with Crippen molar-refractivity contribution in [2.75, 3.05) is 20.3 Å². The Balaban J connectivity index is 1.80. The molecule has 3 heterocycles. The van der Waals surface area contributed by atoms with E-state index in [1.165, 1.54) is 28.2 Å². The van der Waals surface area contributed by atoms with Gasteiger partial charge in [0.1, 0.15) is 0 Å². The van der Waals surface area contributed by atoms with Crippen molar-refractivity contribution in [3.8, 4) is 5.69 Å². The van der Waals surface area contributed by atoms with E-state index in [0.717, 1.165) is 23.8 Å². The molecule has 0 spiro atoms. The number of nitrogens with zero attached hydrogens (tertiary/aromatic N) is 3. The second kappa shape index (κ2) is 9.20. The summed E-state index contributed by atoms with van der Waals surface area (Å²) in [7, 11) is 1.74. The zero-order valence-electron chi connectivity index (χ0n) is 18.6. The molecule has 1 fully saturated rings. The van der Waals surface area contributed by atoms with Gasteiger partial charge in [-0.15, -0.1) is 0 Å².